The molecule has 0 radical (unpaired) electrons. The molecule has 0 spiro atoms. The van der Waals surface area contributed by atoms with E-state index in [2.05, 4.69) is 26.2 Å². The van der Waals surface area contributed by atoms with Crippen molar-refractivity contribution < 1.29 is 0 Å². The predicted molar refractivity (Wildman–Crippen MR) is 52.2 cm³/mol. The molecular weight excluding hydrogens is 224 g/mol. The minimum Gasteiger partial charge on any atom is -0.312 e. The Kier molecular flexibility index (Phi) is 4.74. The number of hydrogen-bond donors (Lipinski definition) is 1. The normalized spacial score (nSPS) is 10.3. The summed E-state index contributed by atoms with van der Waals surface area (Å²) in [6.07, 6.45) is 3.09. The number of halogens is 1. The smallest absolute Gasteiger partial charge is 0.0794 e. The Morgan fingerprint density at radius 2 is 2.55 bits per heavy atom. The first-order chi connectivity index (χ1) is 5.43. The summed E-state index contributed by atoms with van der Waals surface area (Å²) in [4.78, 5) is 5.30. The first-order valence-electron chi connectivity index (χ1n) is 3.57. The predicted octanol–water partition coefficient (Wildman–Crippen LogP) is 2.02. The molecule has 0 amide bonds. The Balaban J connectivity index is 2.04. The highest BCUT2D eigenvalue weighted by Gasteiger charge is 1.91. The quantitative estimate of drug-likeness (QED) is 0.623. The number of thiazole rings is 1. The summed E-state index contributed by atoms with van der Waals surface area (Å²) in [6.45, 7) is 2.03. The molecule has 0 aliphatic heterocycles. The molecule has 1 rings (SSSR count). The molecule has 0 bridgehead atoms. The summed E-state index contributed by atoms with van der Waals surface area (Å²) < 4.78 is 0. The Bertz CT molecular complexity index is 177. The van der Waals surface area contributed by atoms with Crippen LogP contribution in [0.3, 0.4) is 0 Å². The third-order valence-electron chi connectivity index (χ3n) is 1.27. The Labute approximate surface area is 79.2 Å². The van der Waals surface area contributed by atoms with Crippen molar-refractivity contribution in [2.75, 3.05) is 11.9 Å². The van der Waals surface area contributed by atoms with E-state index in [1.54, 1.807) is 11.3 Å². The van der Waals surface area contributed by atoms with Crippen molar-refractivity contribution in [2.24, 2.45) is 0 Å². The van der Waals surface area contributed by atoms with Crippen LogP contribution >= 0.6 is 27.3 Å². The van der Waals surface area contributed by atoms with Gasteiger partial charge in [-0.2, -0.15) is 0 Å². The van der Waals surface area contributed by atoms with Crippen molar-refractivity contribution in [1.82, 2.24) is 10.3 Å². The molecule has 2 nitrogen and oxygen atoms in total. The van der Waals surface area contributed by atoms with Crippen LogP contribution in [0.2, 0.25) is 0 Å². The highest BCUT2D eigenvalue weighted by atomic mass is 79.9. The number of aromatic nitrogens is 1. The van der Waals surface area contributed by atoms with Gasteiger partial charge in [-0.05, 0) is 13.0 Å². The second-order valence-electron chi connectivity index (χ2n) is 2.19. The van der Waals surface area contributed by atoms with Crippen molar-refractivity contribution in [1.29, 1.82) is 0 Å². The molecule has 0 fully saturated rings. The van der Waals surface area contributed by atoms with Gasteiger partial charge in [-0.15, -0.1) is 11.3 Å². The Morgan fingerprint density at radius 1 is 1.64 bits per heavy atom. The third-order valence-corrected chi connectivity index (χ3v) is 2.61. The van der Waals surface area contributed by atoms with Crippen molar-refractivity contribution in [3.8, 4) is 0 Å². The average molecular weight is 235 g/mol. The van der Waals surface area contributed by atoms with Crippen LogP contribution in [-0.4, -0.2) is 16.9 Å². The molecule has 11 heavy (non-hydrogen) atoms. The average Bonchev–Trinajstić information content (AvgIpc) is 2.50. The van der Waals surface area contributed by atoms with Gasteiger partial charge in [-0.25, -0.2) is 0 Å². The number of nitrogens with zero attached hydrogens (tertiary/aromatic N) is 1. The molecule has 0 aliphatic carbocycles. The zero-order chi connectivity index (χ0) is 7.94. The monoisotopic (exact) mass is 234 g/mol. The molecule has 1 aromatic heterocycles. The summed E-state index contributed by atoms with van der Waals surface area (Å²) in [5.74, 6) is 0. The van der Waals surface area contributed by atoms with Crippen LogP contribution in [0, 0.1) is 0 Å². The highest BCUT2D eigenvalue weighted by Crippen LogP contribution is 2.03. The van der Waals surface area contributed by atoms with E-state index in [0.29, 0.717) is 0 Å². The van der Waals surface area contributed by atoms with Gasteiger partial charge in [0.25, 0.3) is 0 Å². The first-order valence-corrected chi connectivity index (χ1v) is 5.57. The maximum Gasteiger partial charge on any atom is 0.0794 e. The van der Waals surface area contributed by atoms with Crippen LogP contribution in [0.15, 0.2) is 11.7 Å². The summed E-state index contributed by atoms with van der Waals surface area (Å²) in [5, 5.41) is 4.40. The van der Waals surface area contributed by atoms with Gasteiger partial charge in [0.05, 0.1) is 5.51 Å². The van der Waals surface area contributed by atoms with E-state index < -0.39 is 0 Å². The van der Waals surface area contributed by atoms with Crippen molar-refractivity contribution in [3.05, 3.63) is 16.6 Å². The van der Waals surface area contributed by atoms with Crippen LogP contribution in [0.4, 0.5) is 0 Å². The highest BCUT2D eigenvalue weighted by molar-refractivity contribution is 9.09. The van der Waals surface area contributed by atoms with Gasteiger partial charge in [0.2, 0.25) is 0 Å². The van der Waals surface area contributed by atoms with Gasteiger partial charge in [-0.1, -0.05) is 15.9 Å². The number of alkyl halides is 1. The van der Waals surface area contributed by atoms with Crippen LogP contribution in [-0.2, 0) is 6.54 Å². The summed E-state index contributed by atoms with van der Waals surface area (Å²) >= 11 is 5.07. The lowest BCUT2D eigenvalue weighted by molar-refractivity contribution is 0.686. The van der Waals surface area contributed by atoms with Crippen LogP contribution in [0.1, 0.15) is 11.3 Å². The number of hydrogen-bond acceptors (Lipinski definition) is 3. The van der Waals surface area contributed by atoms with E-state index in [1.165, 1.54) is 11.3 Å². The van der Waals surface area contributed by atoms with E-state index in [-0.39, 0.29) is 0 Å². The molecule has 0 aromatic carbocycles. The van der Waals surface area contributed by atoms with Gasteiger partial charge in [-0.3, -0.25) is 4.98 Å². The molecular formula is C7H11BrN2S. The van der Waals surface area contributed by atoms with Crippen LogP contribution < -0.4 is 5.32 Å². The van der Waals surface area contributed by atoms with E-state index in [1.807, 2.05) is 11.7 Å². The van der Waals surface area contributed by atoms with Crippen molar-refractivity contribution in [2.45, 2.75) is 13.0 Å². The number of rotatable bonds is 5. The standard InChI is InChI=1S/C7H11BrN2S/c8-2-1-3-9-4-7-5-10-6-11-7/h5-6,9H,1-4H2. The third kappa shape index (κ3) is 3.84. The molecule has 1 aromatic rings. The maximum atomic E-state index is 3.99. The van der Waals surface area contributed by atoms with E-state index in [9.17, 15) is 0 Å². The first kappa shape index (κ1) is 9.16. The van der Waals surface area contributed by atoms with E-state index in [4.69, 9.17) is 0 Å². The van der Waals surface area contributed by atoms with E-state index >= 15 is 0 Å². The van der Waals surface area contributed by atoms with E-state index in [0.717, 1.165) is 18.4 Å². The summed E-state index contributed by atoms with van der Waals surface area (Å²) in [7, 11) is 0. The van der Waals surface area contributed by atoms with Crippen molar-refractivity contribution >= 4 is 27.3 Å². The summed E-state index contributed by atoms with van der Waals surface area (Å²) in [6, 6.07) is 0. The zero-order valence-corrected chi connectivity index (χ0v) is 8.62. The van der Waals surface area contributed by atoms with Gasteiger partial charge in [0.15, 0.2) is 0 Å². The topological polar surface area (TPSA) is 24.9 Å². The Hall–Kier alpha value is 0.0700. The van der Waals surface area contributed by atoms with Gasteiger partial charge < -0.3 is 5.32 Å². The molecule has 0 saturated heterocycles. The minimum atomic E-state index is 0.956. The molecule has 62 valence electrons. The van der Waals surface area contributed by atoms with Gasteiger partial charge in [0, 0.05) is 22.9 Å². The molecule has 0 unspecified atom stereocenters. The second kappa shape index (κ2) is 5.69. The fourth-order valence-electron chi connectivity index (χ4n) is 0.733. The fourth-order valence-corrected chi connectivity index (χ4v) is 1.58. The fraction of sp³-hybridized carbons (Fsp3) is 0.571. The molecule has 1 heterocycles. The van der Waals surface area contributed by atoms with Gasteiger partial charge in [0.1, 0.15) is 0 Å². The Morgan fingerprint density at radius 3 is 3.18 bits per heavy atom. The maximum absolute atomic E-state index is 3.99. The SMILES string of the molecule is BrCCCNCc1cncs1. The lowest BCUT2D eigenvalue weighted by atomic mass is 10.4. The van der Waals surface area contributed by atoms with Crippen LogP contribution in [0.5, 0.6) is 0 Å². The summed E-state index contributed by atoms with van der Waals surface area (Å²) in [5.41, 5.74) is 1.86. The van der Waals surface area contributed by atoms with Crippen molar-refractivity contribution in [3.63, 3.8) is 0 Å². The zero-order valence-electron chi connectivity index (χ0n) is 6.22. The number of nitrogens with one attached hydrogen (secondary N) is 1. The minimum absolute atomic E-state index is 0.956. The molecule has 1 N–H and O–H groups in total. The van der Waals surface area contributed by atoms with Gasteiger partial charge >= 0.3 is 0 Å². The molecule has 0 saturated carbocycles. The van der Waals surface area contributed by atoms with Crippen LogP contribution in [0.25, 0.3) is 0 Å². The largest absolute Gasteiger partial charge is 0.312 e. The molecule has 0 atom stereocenters. The molecule has 0 aliphatic rings. The second-order valence-corrected chi connectivity index (χ2v) is 3.95. The molecule has 4 heteroatoms. The lowest BCUT2D eigenvalue weighted by Crippen LogP contribution is -2.13. The lowest BCUT2D eigenvalue weighted by Gasteiger charge is -1.98.